The van der Waals surface area contributed by atoms with Gasteiger partial charge in [0.2, 0.25) is 0 Å². The monoisotopic (exact) mass is 234 g/mol. The van der Waals surface area contributed by atoms with Crippen LogP contribution in [0.3, 0.4) is 0 Å². The molecule has 3 heteroatoms. The fourth-order valence-corrected chi connectivity index (χ4v) is 1.61. The van der Waals surface area contributed by atoms with E-state index in [1.807, 2.05) is 12.1 Å². The predicted molar refractivity (Wildman–Crippen MR) is 66.0 cm³/mol. The van der Waals surface area contributed by atoms with Crippen LogP contribution < -0.4 is 0 Å². The van der Waals surface area contributed by atoms with Crippen LogP contribution in [0, 0.1) is 0 Å². The van der Waals surface area contributed by atoms with Gasteiger partial charge >= 0.3 is 5.97 Å². The summed E-state index contributed by atoms with van der Waals surface area (Å²) in [4.78, 5) is 22.5. The van der Waals surface area contributed by atoms with Crippen molar-refractivity contribution in [1.82, 2.24) is 0 Å². The first kappa shape index (κ1) is 13.4. The number of Topliss-reactive ketones (excluding diaryl/α,β-unsaturated/α-hetero) is 1. The van der Waals surface area contributed by atoms with Gasteiger partial charge in [0.25, 0.3) is 5.78 Å². The molecular weight excluding hydrogens is 216 g/mol. The number of esters is 1. The molecule has 0 atom stereocenters. The fraction of sp³-hybridized carbons (Fsp3) is 0.429. The van der Waals surface area contributed by atoms with Crippen LogP contribution in [0.25, 0.3) is 0 Å². The van der Waals surface area contributed by atoms with Gasteiger partial charge in [0.15, 0.2) is 0 Å². The molecule has 1 aromatic rings. The summed E-state index contributed by atoms with van der Waals surface area (Å²) in [7, 11) is 1.21. The van der Waals surface area contributed by atoms with Crippen molar-refractivity contribution in [1.29, 1.82) is 0 Å². The minimum atomic E-state index is -0.816. The van der Waals surface area contributed by atoms with Crippen molar-refractivity contribution in [2.75, 3.05) is 7.11 Å². The van der Waals surface area contributed by atoms with Crippen molar-refractivity contribution in [2.45, 2.75) is 32.6 Å². The van der Waals surface area contributed by atoms with Crippen LogP contribution in [0.5, 0.6) is 0 Å². The molecule has 0 saturated heterocycles. The van der Waals surface area contributed by atoms with E-state index in [2.05, 4.69) is 11.7 Å². The zero-order chi connectivity index (χ0) is 12.7. The maximum Gasteiger partial charge on any atom is 0.379 e. The molecule has 0 bridgehead atoms. The van der Waals surface area contributed by atoms with Gasteiger partial charge in [0.05, 0.1) is 7.11 Å². The molecular formula is C14H18O3. The highest BCUT2D eigenvalue weighted by molar-refractivity contribution is 6.40. The summed E-state index contributed by atoms with van der Waals surface area (Å²) in [5, 5.41) is 0. The summed E-state index contributed by atoms with van der Waals surface area (Å²) in [6, 6.07) is 7.15. The van der Waals surface area contributed by atoms with Crippen LogP contribution in [0.15, 0.2) is 24.3 Å². The van der Waals surface area contributed by atoms with Gasteiger partial charge in [0, 0.05) is 5.56 Å². The van der Waals surface area contributed by atoms with Crippen molar-refractivity contribution >= 4 is 11.8 Å². The Morgan fingerprint density at radius 3 is 2.29 bits per heavy atom. The number of carbonyl (C=O) groups excluding carboxylic acids is 2. The predicted octanol–water partition coefficient (Wildman–Crippen LogP) is 2.78. The number of benzene rings is 1. The summed E-state index contributed by atoms with van der Waals surface area (Å²) in [5.41, 5.74) is 1.58. The molecule has 17 heavy (non-hydrogen) atoms. The van der Waals surface area contributed by atoms with Gasteiger partial charge in [-0.05, 0) is 18.4 Å². The Morgan fingerprint density at radius 2 is 1.76 bits per heavy atom. The molecule has 3 nitrogen and oxygen atoms in total. The summed E-state index contributed by atoms with van der Waals surface area (Å²) < 4.78 is 4.39. The van der Waals surface area contributed by atoms with Gasteiger partial charge in [-0.3, -0.25) is 4.79 Å². The average Bonchev–Trinajstić information content (AvgIpc) is 2.38. The lowest BCUT2D eigenvalue weighted by molar-refractivity contribution is -0.135. The second-order valence-corrected chi connectivity index (χ2v) is 3.97. The molecule has 92 valence electrons. The minimum Gasteiger partial charge on any atom is -0.463 e. The Kier molecular flexibility index (Phi) is 5.40. The molecule has 0 aliphatic carbocycles. The molecule has 0 saturated carbocycles. The average molecular weight is 234 g/mol. The number of ether oxygens (including phenoxy) is 1. The lowest BCUT2D eigenvalue weighted by Crippen LogP contribution is -2.15. The molecule has 0 amide bonds. The first-order valence-corrected chi connectivity index (χ1v) is 5.90. The molecule has 1 aromatic carbocycles. The molecule has 0 aliphatic heterocycles. The third-order valence-corrected chi connectivity index (χ3v) is 2.66. The summed E-state index contributed by atoms with van der Waals surface area (Å²) in [6.45, 7) is 2.16. The van der Waals surface area contributed by atoms with Gasteiger partial charge < -0.3 is 4.74 Å². The van der Waals surface area contributed by atoms with Crippen LogP contribution in [-0.4, -0.2) is 18.9 Å². The van der Waals surface area contributed by atoms with Gasteiger partial charge in [0.1, 0.15) is 0 Å². The molecule has 0 aromatic heterocycles. The number of methoxy groups -OCH3 is 1. The Labute approximate surface area is 102 Å². The van der Waals surface area contributed by atoms with Crippen molar-refractivity contribution in [3.8, 4) is 0 Å². The first-order chi connectivity index (χ1) is 8.19. The first-order valence-electron chi connectivity index (χ1n) is 5.90. The van der Waals surface area contributed by atoms with E-state index < -0.39 is 11.8 Å². The van der Waals surface area contributed by atoms with E-state index in [0.717, 1.165) is 12.8 Å². The van der Waals surface area contributed by atoms with Crippen LogP contribution in [-0.2, 0) is 16.0 Å². The van der Waals surface area contributed by atoms with Crippen molar-refractivity contribution in [3.05, 3.63) is 35.4 Å². The van der Waals surface area contributed by atoms with Gasteiger partial charge in [-0.1, -0.05) is 44.0 Å². The fourth-order valence-electron chi connectivity index (χ4n) is 1.61. The lowest BCUT2D eigenvalue weighted by atomic mass is 10.0. The van der Waals surface area contributed by atoms with Crippen molar-refractivity contribution in [3.63, 3.8) is 0 Å². The number of carbonyl (C=O) groups is 2. The standard InChI is InChI=1S/C14H18O3/c1-3-4-5-6-11-7-9-12(10-8-11)13(15)14(16)17-2/h7-10H,3-6H2,1-2H3. The quantitative estimate of drug-likeness (QED) is 0.329. The molecule has 0 unspecified atom stereocenters. The van der Waals surface area contributed by atoms with Gasteiger partial charge in [-0.15, -0.1) is 0 Å². The van der Waals surface area contributed by atoms with E-state index >= 15 is 0 Å². The minimum absolute atomic E-state index is 0.385. The highest BCUT2D eigenvalue weighted by Crippen LogP contribution is 2.09. The Bertz CT molecular complexity index is 379. The van der Waals surface area contributed by atoms with Crippen LogP contribution >= 0.6 is 0 Å². The molecule has 0 radical (unpaired) electrons. The van der Waals surface area contributed by atoms with Crippen molar-refractivity contribution < 1.29 is 14.3 Å². The SMILES string of the molecule is CCCCCc1ccc(C(=O)C(=O)OC)cc1. The van der Waals surface area contributed by atoms with E-state index in [4.69, 9.17) is 0 Å². The Hall–Kier alpha value is -1.64. The number of ketones is 1. The number of unbranched alkanes of at least 4 members (excludes halogenated alkanes) is 2. The number of rotatable bonds is 6. The van der Waals surface area contributed by atoms with E-state index in [1.54, 1.807) is 12.1 Å². The Balaban J connectivity index is 2.61. The van der Waals surface area contributed by atoms with E-state index in [-0.39, 0.29) is 0 Å². The molecule has 0 spiro atoms. The van der Waals surface area contributed by atoms with Crippen LogP contribution in [0.2, 0.25) is 0 Å². The Morgan fingerprint density at radius 1 is 1.12 bits per heavy atom. The lowest BCUT2D eigenvalue weighted by Gasteiger charge is -2.02. The van der Waals surface area contributed by atoms with Crippen LogP contribution in [0.4, 0.5) is 0 Å². The molecule has 0 fully saturated rings. The molecule has 0 aliphatic rings. The smallest absolute Gasteiger partial charge is 0.379 e. The molecule has 1 rings (SSSR count). The summed E-state index contributed by atoms with van der Waals surface area (Å²) in [5.74, 6) is -1.41. The highest BCUT2D eigenvalue weighted by atomic mass is 16.5. The van der Waals surface area contributed by atoms with E-state index in [9.17, 15) is 9.59 Å². The van der Waals surface area contributed by atoms with Crippen molar-refractivity contribution in [2.24, 2.45) is 0 Å². The maximum atomic E-state index is 11.5. The molecule has 0 N–H and O–H groups in total. The van der Waals surface area contributed by atoms with Crippen LogP contribution in [0.1, 0.15) is 42.1 Å². The van der Waals surface area contributed by atoms with Gasteiger partial charge in [-0.2, -0.15) is 0 Å². The summed E-state index contributed by atoms with van der Waals surface area (Å²) >= 11 is 0. The number of hydrogen-bond donors (Lipinski definition) is 0. The number of aryl methyl sites for hydroxylation is 1. The molecule has 0 heterocycles. The second kappa shape index (κ2) is 6.84. The second-order valence-electron chi connectivity index (χ2n) is 3.97. The maximum absolute atomic E-state index is 11.5. The van der Waals surface area contributed by atoms with Gasteiger partial charge in [-0.25, -0.2) is 4.79 Å². The summed E-state index contributed by atoms with van der Waals surface area (Å²) in [6.07, 6.45) is 4.57. The largest absolute Gasteiger partial charge is 0.463 e. The zero-order valence-corrected chi connectivity index (χ0v) is 10.4. The van der Waals surface area contributed by atoms with E-state index in [0.29, 0.717) is 5.56 Å². The third kappa shape index (κ3) is 4.02. The zero-order valence-electron chi connectivity index (χ0n) is 10.4. The topological polar surface area (TPSA) is 43.4 Å². The normalized spacial score (nSPS) is 10.0. The highest BCUT2D eigenvalue weighted by Gasteiger charge is 2.15. The van der Waals surface area contributed by atoms with E-state index in [1.165, 1.54) is 25.5 Å². The number of hydrogen-bond acceptors (Lipinski definition) is 3. The third-order valence-electron chi connectivity index (χ3n) is 2.66.